The Bertz CT molecular complexity index is 156. The Labute approximate surface area is 79.0 Å². The summed E-state index contributed by atoms with van der Waals surface area (Å²) < 4.78 is 5.24. The molecule has 0 aromatic heterocycles. The first-order chi connectivity index (χ1) is 6.34. The molecular formula is C9H18N2O2. The van der Waals surface area contributed by atoms with Gasteiger partial charge in [-0.25, -0.2) is 0 Å². The van der Waals surface area contributed by atoms with Gasteiger partial charge in [-0.1, -0.05) is 0 Å². The standard InChI is InChI=1S/C9H18N2O2/c1-10-5-3-6-11-9(12)8-4-2-7-13-8/h8,10H,2-7H2,1H3,(H,11,12)/t8-/m0/s1. The summed E-state index contributed by atoms with van der Waals surface area (Å²) in [5, 5.41) is 5.88. The largest absolute Gasteiger partial charge is 0.368 e. The molecule has 4 heteroatoms. The minimum Gasteiger partial charge on any atom is -0.368 e. The van der Waals surface area contributed by atoms with Gasteiger partial charge in [0.05, 0.1) is 0 Å². The fraction of sp³-hybridized carbons (Fsp3) is 0.889. The van der Waals surface area contributed by atoms with Crippen molar-refractivity contribution in [3.05, 3.63) is 0 Å². The number of nitrogens with one attached hydrogen (secondary N) is 2. The van der Waals surface area contributed by atoms with E-state index in [1.165, 1.54) is 0 Å². The summed E-state index contributed by atoms with van der Waals surface area (Å²) in [7, 11) is 1.90. The lowest BCUT2D eigenvalue weighted by molar-refractivity contribution is -0.130. The predicted molar refractivity (Wildman–Crippen MR) is 50.5 cm³/mol. The zero-order chi connectivity index (χ0) is 9.52. The molecule has 2 N–H and O–H groups in total. The molecule has 0 aliphatic carbocycles. The van der Waals surface area contributed by atoms with Gasteiger partial charge in [-0.3, -0.25) is 4.79 Å². The van der Waals surface area contributed by atoms with Crippen LogP contribution in [-0.4, -0.2) is 38.8 Å². The van der Waals surface area contributed by atoms with E-state index in [0.717, 1.165) is 39.0 Å². The Balaban J connectivity index is 2.03. The van der Waals surface area contributed by atoms with E-state index in [4.69, 9.17) is 4.74 Å². The lowest BCUT2D eigenvalue weighted by atomic mass is 10.2. The molecule has 0 aromatic rings. The zero-order valence-electron chi connectivity index (χ0n) is 8.14. The molecule has 1 saturated heterocycles. The van der Waals surface area contributed by atoms with Gasteiger partial charge >= 0.3 is 0 Å². The molecular weight excluding hydrogens is 168 g/mol. The van der Waals surface area contributed by atoms with E-state index in [0.29, 0.717) is 0 Å². The molecule has 0 radical (unpaired) electrons. The van der Waals surface area contributed by atoms with Gasteiger partial charge in [-0.2, -0.15) is 0 Å². The highest BCUT2D eigenvalue weighted by molar-refractivity contribution is 5.80. The van der Waals surface area contributed by atoms with Crippen LogP contribution >= 0.6 is 0 Å². The number of hydrogen-bond donors (Lipinski definition) is 2. The van der Waals surface area contributed by atoms with E-state index in [-0.39, 0.29) is 12.0 Å². The van der Waals surface area contributed by atoms with E-state index in [1.807, 2.05) is 7.05 Å². The number of amides is 1. The number of rotatable bonds is 5. The van der Waals surface area contributed by atoms with Gasteiger partial charge in [0.1, 0.15) is 6.10 Å². The molecule has 76 valence electrons. The molecule has 1 aliphatic rings. The van der Waals surface area contributed by atoms with E-state index in [1.54, 1.807) is 0 Å². The van der Waals surface area contributed by atoms with Crippen molar-refractivity contribution in [2.24, 2.45) is 0 Å². The average Bonchev–Trinajstić information content (AvgIpc) is 2.65. The molecule has 1 heterocycles. The number of ether oxygens (including phenoxy) is 1. The Morgan fingerprint density at radius 2 is 2.38 bits per heavy atom. The third kappa shape index (κ3) is 3.74. The highest BCUT2D eigenvalue weighted by Gasteiger charge is 2.22. The van der Waals surface area contributed by atoms with E-state index >= 15 is 0 Å². The van der Waals surface area contributed by atoms with E-state index in [2.05, 4.69) is 10.6 Å². The monoisotopic (exact) mass is 186 g/mol. The van der Waals surface area contributed by atoms with Crippen LogP contribution in [0.5, 0.6) is 0 Å². The Kier molecular flexibility index (Phi) is 4.78. The summed E-state index contributed by atoms with van der Waals surface area (Å²) >= 11 is 0. The molecule has 1 atom stereocenters. The smallest absolute Gasteiger partial charge is 0.249 e. The molecule has 1 rings (SSSR count). The van der Waals surface area contributed by atoms with E-state index < -0.39 is 0 Å². The zero-order valence-corrected chi connectivity index (χ0v) is 8.14. The van der Waals surface area contributed by atoms with Crippen molar-refractivity contribution in [1.29, 1.82) is 0 Å². The second kappa shape index (κ2) is 5.94. The van der Waals surface area contributed by atoms with Crippen LogP contribution in [0, 0.1) is 0 Å². The first-order valence-electron chi connectivity index (χ1n) is 4.88. The van der Waals surface area contributed by atoms with Crippen LogP contribution in [0.2, 0.25) is 0 Å². The molecule has 1 fully saturated rings. The topological polar surface area (TPSA) is 50.4 Å². The van der Waals surface area contributed by atoms with Gasteiger partial charge in [-0.15, -0.1) is 0 Å². The average molecular weight is 186 g/mol. The Morgan fingerprint density at radius 1 is 1.54 bits per heavy atom. The maximum atomic E-state index is 11.4. The molecule has 0 unspecified atom stereocenters. The quantitative estimate of drug-likeness (QED) is 0.589. The third-order valence-electron chi connectivity index (χ3n) is 2.12. The molecule has 0 spiro atoms. The molecule has 1 amide bonds. The number of carbonyl (C=O) groups is 1. The van der Waals surface area contributed by atoms with Crippen LogP contribution in [0.4, 0.5) is 0 Å². The van der Waals surface area contributed by atoms with Crippen molar-refractivity contribution >= 4 is 5.91 Å². The molecule has 4 nitrogen and oxygen atoms in total. The van der Waals surface area contributed by atoms with Crippen LogP contribution in [0.3, 0.4) is 0 Å². The van der Waals surface area contributed by atoms with Crippen molar-refractivity contribution in [3.8, 4) is 0 Å². The fourth-order valence-corrected chi connectivity index (χ4v) is 1.38. The minimum absolute atomic E-state index is 0.0496. The van der Waals surface area contributed by atoms with Crippen molar-refractivity contribution in [3.63, 3.8) is 0 Å². The van der Waals surface area contributed by atoms with Crippen molar-refractivity contribution in [1.82, 2.24) is 10.6 Å². The Morgan fingerprint density at radius 3 is 3.00 bits per heavy atom. The molecule has 13 heavy (non-hydrogen) atoms. The summed E-state index contributed by atoms with van der Waals surface area (Å²) in [5.74, 6) is 0.0496. The first kappa shape index (κ1) is 10.5. The van der Waals surface area contributed by atoms with Crippen LogP contribution in [-0.2, 0) is 9.53 Å². The van der Waals surface area contributed by atoms with Crippen LogP contribution < -0.4 is 10.6 Å². The van der Waals surface area contributed by atoms with Crippen LogP contribution in [0.25, 0.3) is 0 Å². The van der Waals surface area contributed by atoms with Gasteiger partial charge in [0.15, 0.2) is 0 Å². The van der Waals surface area contributed by atoms with Gasteiger partial charge in [-0.05, 0) is 32.9 Å². The number of hydrogen-bond acceptors (Lipinski definition) is 3. The maximum absolute atomic E-state index is 11.4. The summed E-state index contributed by atoms with van der Waals surface area (Å²) in [6, 6.07) is 0. The van der Waals surface area contributed by atoms with Crippen molar-refractivity contribution < 1.29 is 9.53 Å². The maximum Gasteiger partial charge on any atom is 0.249 e. The van der Waals surface area contributed by atoms with Gasteiger partial charge < -0.3 is 15.4 Å². The van der Waals surface area contributed by atoms with Gasteiger partial charge in [0.2, 0.25) is 5.91 Å². The van der Waals surface area contributed by atoms with E-state index in [9.17, 15) is 4.79 Å². The highest BCUT2D eigenvalue weighted by Crippen LogP contribution is 2.11. The summed E-state index contributed by atoms with van der Waals surface area (Å²) in [6.07, 6.45) is 2.66. The van der Waals surface area contributed by atoms with Crippen molar-refractivity contribution in [2.45, 2.75) is 25.4 Å². The third-order valence-corrected chi connectivity index (χ3v) is 2.12. The second-order valence-corrected chi connectivity index (χ2v) is 3.25. The van der Waals surface area contributed by atoms with Crippen LogP contribution in [0.15, 0.2) is 0 Å². The summed E-state index contributed by atoms with van der Waals surface area (Å²) in [5.41, 5.74) is 0. The molecule has 0 aromatic carbocycles. The Hall–Kier alpha value is -0.610. The second-order valence-electron chi connectivity index (χ2n) is 3.25. The first-order valence-corrected chi connectivity index (χ1v) is 4.88. The lowest BCUT2D eigenvalue weighted by Gasteiger charge is -2.09. The SMILES string of the molecule is CNCCCNC(=O)[C@@H]1CCCO1. The van der Waals surface area contributed by atoms with Gasteiger partial charge in [0, 0.05) is 13.2 Å². The summed E-state index contributed by atoms with van der Waals surface area (Å²) in [4.78, 5) is 11.4. The predicted octanol–water partition coefficient (Wildman–Crippen LogP) is -0.109. The molecule has 1 aliphatic heterocycles. The highest BCUT2D eigenvalue weighted by atomic mass is 16.5. The molecule has 0 saturated carbocycles. The molecule has 0 bridgehead atoms. The summed E-state index contributed by atoms with van der Waals surface area (Å²) in [6.45, 7) is 2.40. The fourth-order valence-electron chi connectivity index (χ4n) is 1.38. The normalized spacial score (nSPS) is 21.8. The lowest BCUT2D eigenvalue weighted by Crippen LogP contribution is -2.35. The van der Waals surface area contributed by atoms with Crippen molar-refractivity contribution in [2.75, 3.05) is 26.7 Å². The minimum atomic E-state index is -0.186. The van der Waals surface area contributed by atoms with Gasteiger partial charge in [0.25, 0.3) is 0 Å². The number of carbonyl (C=O) groups excluding carboxylic acids is 1. The van der Waals surface area contributed by atoms with Crippen LogP contribution in [0.1, 0.15) is 19.3 Å².